The van der Waals surface area contributed by atoms with Gasteiger partial charge in [-0.15, -0.1) is 11.3 Å². The molecule has 0 atom stereocenters. The monoisotopic (exact) mass is 401 g/mol. The van der Waals surface area contributed by atoms with E-state index in [1.54, 1.807) is 43.6 Å². The molecule has 140 valence electrons. The molecule has 0 saturated carbocycles. The zero-order valence-electron chi connectivity index (χ0n) is 15.5. The van der Waals surface area contributed by atoms with Crippen LogP contribution < -0.4 is 5.32 Å². The fraction of sp³-hybridized carbons (Fsp3) is 0.200. The molecular weight excluding hydrogens is 382 g/mol. The Morgan fingerprint density at radius 3 is 2.41 bits per heavy atom. The number of halogens is 1. The number of hydrogen-bond donors (Lipinski definition) is 1. The van der Waals surface area contributed by atoms with Crippen LogP contribution in [0.3, 0.4) is 0 Å². The van der Waals surface area contributed by atoms with Gasteiger partial charge in [0.15, 0.2) is 0 Å². The van der Waals surface area contributed by atoms with Gasteiger partial charge in [0.1, 0.15) is 5.00 Å². The van der Waals surface area contributed by atoms with Crippen LogP contribution in [0.2, 0.25) is 5.02 Å². The first-order valence-electron chi connectivity index (χ1n) is 8.35. The van der Waals surface area contributed by atoms with E-state index in [-0.39, 0.29) is 11.8 Å². The third kappa shape index (κ3) is 3.77. The molecule has 0 unspecified atom stereocenters. The van der Waals surface area contributed by atoms with Crippen molar-refractivity contribution in [2.24, 2.45) is 0 Å². The van der Waals surface area contributed by atoms with E-state index in [1.165, 1.54) is 4.90 Å². The van der Waals surface area contributed by atoms with Gasteiger partial charge in [-0.1, -0.05) is 11.6 Å². The predicted molar refractivity (Wildman–Crippen MR) is 111 cm³/mol. The van der Waals surface area contributed by atoms with Crippen LogP contribution >= 0.6 is 22.9 Å². The van der Waals surface area contributed by atoms with Crippen LogP contribution in [-0.4, -0.2) is 35.4 Å². The summed E-state index contributed by atoms with van der Waals surface area (Å²) in [4.78, 5) is 27.6. The molecule has 5 nitrogen and oxygen atoms in total. The predicted octanol–water partition coefficient (Wildman–Crippen LogP) is 4.76. The van der Waals surface area contributed by atoms with Crippen molar-refractivity contribution in [2.75, 3.05) is 19.4 Å². The topological polar surface area (TPSA) is 54.3 Å². The lowest BCUT2D eigenvalue weighted by molar-refractivity contribution is 0.0827. The van der Waals surface area contributed by atoms with Crippen molar-refractivity contribution in [1.29, 1.82) is 0 Å². The second-order valence-electron chi connectivity index (χ2n) is 6.40. The Bertz CT molecular complexity index is 1010. The largest absolute Gasteiger partial charge is 0.345 e. The van der Waals surface area contributed by atoms with Crippen LogP contribution in [0.5, 0.6) is 0 Å². The molecule has 3 rings (SSSR count). The summed E-state index contributed by atoms with van der Waals surface area (Å²) in [5.41, 5.74) is 2.53. The number of nitrogens with zero attached hydrogens (tertiary/aromatic N) is 2. The molecule has 0 saturated heterocycles. The molecule has 3 aromatic rings. The van der Waals surface area contributed by atoms with E-state index >= 15 is 0 Å². The maximum absolute atomic E-state index is 13.0. The number of nitrogens with one attached hydrogen (secondary N) is 1. The van der Waals surface area contributed by atoms with E-state index in [2.05, 4.69) is 5.32 Å². The highest BCUT2D eigenvalue weighted by molar-refractivity contribution is 7.15. The van der Waals surface area contributed by atoms with E-state index < -0.39 is 0 Å². The number of aromatic nitrogens is 1. The average molecular weight is 402 g/mol. The molecule has 1 N–H and O–H groups in total. The maximum atomic E-state index is 13.0. The van der Waals surface area contributed by atoms with Gasteiger partial charge in [0.05, 0.1) is 16.1 Å². The molecule has 2 heterocycles. The van der Waals surface area contributed by atoms with Gasteiger partial charge >= 0.3 is 0 Å². The number of carbonyl (C=O) groups excluding carboxylic acids is 2. The zero-order valence-corrected chi connectivity index (χ0v) is 17.1. The average Bonchev–Trinajstić information content (AvgIpc) is 3.23. The van der Waals surface area contributed by atoms with E-state index in [0.717, 1.165) is 15.4 Å². The molecule has 0 spiro atoms. The Labute approximate surface area is 167 Å². The fourth-order valence-corrected chi connectivity index (χ4v) is 4.11. The third-order valence-electron chi connectivity index (χ3n) is 4.30. The van der Waals surface area contributed by atoms with Crippen LogP contribution in [-0.2, 0) is 0 Å². The molecule has 0 radical (unpaired) electrons. The van der Waals surface area contributed by atoms with Crippen molar-refractivity contribution in [3.63, 3.8) is 0 Å². The van der Waals surface area contributed by atoms with E-state index in [4.69, 9.17) is 11.6 Å². The minimum Gasteiger partial charge on any atom is -0.345 e. The molecule has 0 aliphatic rings. The van der Waals surface area contributed by atoms with Crippen molar-refractivity contribution in [2.45, 2.75) is 13.8 Å². The Balaban J connectivity index is 1.91. The summed E-state index contributed by atoms with van der Waals surface area (Å²) in [5.74, 6) is -0.389. The Morgan fingerprint density at radius 2 is 1.81 bits per heavy atom. The minimum absolute atomic E-state index is 0.183. The van der Waals surface area contributed by atoms with Gasteiger partial charge in [-0.3, -0.25) is 9.59 Å². The first kappa shape index (κ1) is 19.2. The highest BCUT2D eigenvalue weighted by atomic mass is 35.5. The van der Waals surface area contributed by atoms with Crippen molar-refractivity contribution in [3.05, 3.63) is 69.3 Å². The van der Waals surface area contributed by atoms with Crippen molar-refractivity contribution in [1.82, 2.24) is 9.47 Å². The van der Waals surface area contributed by atoms with Crippen LogP contribution in [0.15, 0.2) is 42.7 Å². The Kier molecular flexibility index (Phi) is 5.39. The van der Waals surface area contributed by atoms with Crippen molar-refractivity contribution < 1.29 is 9.59 Å². The summed E-state index contributed by atoms with van der Waals surface area (Å²) in [6.45, 7) is 3.95. The van der Waals surface area contributed by atoms with E-state index in [9.17, 15) is 9.59 Å². The first-order valence-corrected chi connectivity index (χ1v) is 9.55. The van der Waals surface area contributed by atoms with Gasteiger partial charge in [0.25, 0.3) is 11.8 Å². The molecule has 0 fully saturated rings. The molecule has 27 heavy (non-hydrogen) atoms. The normalized spacial score (nSPS) is 10.7. The summed E-state index contributed by atoms with van der Waals surface area (Å²) in [6, 6.07) is 8.75. The van der Waals surface area contributed by atoms with Crippen molar-refractivity contribution in [3.8, 4) is 5.00 Å². The highest BCUT2D eigenvalue weighted by Crippen LogP contribution is 2.32. The smallest absolute Gasteiger partial charge is 0.258 e. The number of rotatable bonds is 4. The molecule has 1 aromatic carbocycles. The summed E-state index contributed by atoms with van der Waals surface area (Å²) in [7, 11) is 3.33. The van der Waals surface area contributed by atoms with Crippen LogP contribution in [0.1, 0.15) is 31.2 Å². The number of thiophene rings is 1. The number of anilines is 1. The molecule has 2 aromatic heterocycles. The number of amides is 2. The second kappa shape index (κ2) is 7.58. The minimum atomic E-state index is -0.205. The molecular formula is C20H20ClN3O2S. The maximum Gasteiger partial charge on any atom is 0.258 e. The highest BCUT2D eigenvalue weighted by Gasteiger charge is 2.21. The molecule has 7 heteroatoms. The number of benzene rings is 1. The molecule has 0 aliphatic carbocycles. The van der Waals surface area contributed by atoms with E-state index in [1.807, 2.05) is 42.9 Å². The first-order chi connectivity index (χ1) is 12.8. The van der Waals surface area contributed by atoms with Gasteiger partial charge < -0.3 is 14.8 Å². The number of aryl methyl sites for hydroxylation is 1. The van der Waals surface area contributed by atoms with Crippen molar-refractivity contribution >= 4 is 40.4 Å². The lowest BCUT2D eigenvalue weighted by atomic mass is 10.1. The van der Waals surface area contributed by atoms with E-state index in [0.29, 0.717) is 21.8 Å². The van der Waals surface area contributed by atoms with Crippen LogP contribution in [0, 0.1) is 13.8 Å². The van der Waals surface area contributed by atoms with Gasteiger partial charge in [-0.2, -0.15) is 0 Å². The van der Waals surface area contributed by atoms with Gasteiger partial charge in [-0.05, 0) is 49.7 Å². The quantitative estimate of drug-likeness (QED) is 0.685. The standard InChI is InChI=1S/C20H20ClN3O2S/c1-12-13(2)27-20(24-9-5-6-10-24)17(12)18(25)22-14-7-8-15(16(21)11-14)19(26)23(3)4/h5-11H,1-4H3,(H,22,25). The van der Waals surface area contributed by atoms with Gasteiger partial charge in [0, 0.05) is 37.1 Å². The lowest BCUT2D eigenvalue weighted by Gasteiger charge is -2.13. The summed E-state index contributed by atoms with van der Waals surface area (Å²) < 4.78 is 1.94. The SMILES string of the molecule is Cc1sc(-n2cccc2)c(C(=O)Nc2ccc(C(=O)N(C)C)c(Cl)c2)c1C. The molecule has 0 bridgehead atoms. The van der Waals surface area contributed by atoms with Crippen LogP contribution in [0.4, 0.5) is 5.69 Å². The van der Waals surface area contributed by atoms with Crippen LogP contribution in [0.25, 0.3) is 5.00 Å². The third-order valence-corrected chi connectivity index (χ3v) is 5.83. The second-order valence-corrected chi connectivity index (χ2v) is 8.01. The number of carbonyl (C=O) groups is 2. The lowest BCUT2D eigenvalue weighted by Crippen LogP contribution is -2.22. The number of hydrogen-bond acceptors (Lipinski definition) is 3. The molecule has 2 amide bonds. The van der Waals surface area contributed by atoms with Gasteiger partial charge in [-0.25, -0.2) is 0 Å². The fourth-order valence-electron chi connectivity index (χ4n) is 2.73. The molecule has 0 aliphatic heterocycles. The Hall–Kier alpha value is -2.57. The summed E-state index contributed by atoms with van der Waals surface area (Å²) in [5, 5.41) is 4.07. The Morgan fingerprint density at radius 1 is 1.15 bits per heavy atom. The van der Waals surface area contributed by atoms with Gasteiger partial charge in [0.2, 0.25) is 0 Å². The summed E-state index contributed by atoms with van der Waals surface area (Å²) >= 11 is 7.82. The summed E-state index contributed by atoms with van der Waals surface area (Å²) in [6.07, 6.45) is 3.83. The zero-order chi connectivity index (χ0) is 19.7.